The zero-order valence-electron chi connectivity index (χ0n) is 21.3. The van der Waals surface area contributed by atoms with E-state index in [1.807, 2.05) is 20.8 Å². The third-order valence-electron chi connectivity index (χ3n) is 5.79. The zero-order chi connectivity index (χ0) is 26.5. The molecule has 11 heteroatoms. The van der Waals surface area contributed by atoms with E-state index in [2.05, 4.69) is 0 Å². The van der Waals surface area contributed by atoms with E-state index in [9.17, 15) is 18.8 Å². The van der Waals surface area contributed by atoms with Gasteiger partial charge in [0, 0.05) is 19.2 Å². The summed E-state index contributed by atoms with van der Waals surface area (Å²) in [5, 5.41) is 0. The van der Waals surface area contributed by atoms with Gasteiger partial charge in [-0.2, -0.15) is 0 Å². The lowest BCUT2D eigenvalue weighted by Crippen LogP contribution is -2.42. The number of carbonyl (C=O) groups is 3. The molecule has 10 nitrogen and oxygen atoms in total. The summed E-state index contributed by atoms with van der Waals surface area (Å²) in [6.07, 6.45) is 1.08. The molecule has 3 rings (SSSR count). The predicted molar refractivity (Wildman–Crippen MR) is 127 cm³/mol. The van der Waals surface area contributed by atoms with Gasteiger partial charge in [0.15, 0.2) is 0 Å². The molecule has 2 heterocycles. The Morgan fingerprint density at radius 2 is 1.75 bits per heavy atom. The highest BCUT2D eigenvalue weighted by atomic mass is 19.1. The summed E-state index contributed by atoms with van der Waals surface area (Å²) in [6.45, 7) is 6.59. The summed E-state index contributed by atoms with van der Waals surface area (Å²) in [5.41, 5.74) is -0.487. The van der Waals surface area contributed by atoms with Crippen molar-refractivity contribution in [1.82, 2.24) is 4.90 Å². The van der Waals surface area contributed by atoms with Gasteiger partial charge in [0.2, 0.25) is 0 Å². The molecule has 0 atom stereocenters. The SMILES string of the molecule is COC(=O)C1=C(C(=O)OC)N(c2cc(F)ccc2OCC2CCN(C(=O)OC(C)(C)C)CC2)COC1. The van der Waals surface area contributed by atoms with Crippen LogP contribution in [-0.2, 0) is 28.5 Å². The molecule has 0 bridgehead atoms. The van der Waals surface area contributed by atoms with Crippen LogP contribution in [0.4, 0.5) is 14.9 Å². The van der Waals surface area contributed by atoms with Gasteiger partial charge in [0.05, 0.1) is 38.7 Å². The number of carbonyl (C=O) groups excluding carboxylic acids is 3. The minimum atomic E-state index is -0.788. The predicted octanol–water partition coefficient (Wildman–Crippen LogP) is 3.25. The van der Waals surface area contributed by atoms with Crippen molar-refractivity contribution < 1.29 is 42.5 Å². The van der Waals surface area contributed by atoms with Crippen LogP contribution < -0.4 is 9.64 Å². The van der Waals surface area contributed by atoms with Gasteiger partial charge in [-0.05, 0) is 51.7 Å². The van der Waals surface area contributed by atoms with Crippen LogP contribution >= 0.6 is 0 Å². The fourth-order valence-corrected chi connectivity index (χ4v) is 3.97. The van der Waals surface area contributed by atoms with Crippen molar-refractivity contribution in [2.45, 2.75) is 39.2 Å². The topological polar surface area (TPSA) is 104 Å². The highest BCUT2D eigenvalue weighted by Gasteiger charge is 2.34. The lowest BCUT2D eigenvalue weighted by molar-refractivity contribution is -0.140. The molecule has 0 aliphatic carbocycles. The normalized spacial score (nSPS) is 17.1. The Kier molecular flexibility index (Phi) is 8.78. The summed E-state index contributed by atoms with van der Waals surface area (Å²) < 4.78 is 40.9. The number of methoxy groups -OCH3 is 2. The van der Waals surface area contributed by atoms with Gasteiger partial charge in [-0.15, -0.1) is 0 Å². The maximum Gasteiger partial charge on any atom is 0.410 e. The average molecular weight is 509 g/mol. The van der Waals surface area contributed by atoms with E-state index in [-0.39, 0.29) is 42.3 Å². The number of likely N-dealkylation sites (tertiary alicyclic amines) is 1. The minimum Gasteiger partial charge on any atom is -0.491 e. The molecular formula is C25H33FN2O8. The average Bonchev–Trinajstić information content (AvgIpc) is 2.85. The van der Waals surface area contributed by atoms with Crippen molar-refractivity contribution >= 4 is 23.7 Å². The largest absolute Gasteiger partial charge is 0.491 e. The number of rotatable bonds is 6. The van der Waals surface area contributed by atoms with Gasteiger partial charge < -0.3 is 33.5 Å². The Morgan fingerprint density at radius 3 is 2.36 bits per heavy atom. The van der Waals surface area contributed by atoms with Gasteiger partial charge in [-0.1, -0.05) is 0 Å². The van der Waals surface area contributed by atoms with E-state index in [0.29, 0.717) is 38.3 Å². The maximum absolute atomic E-state index is 14.3. The summed E-state index contributed by atoms with van der Waals surface area (Å²) >= 11 is 0. The number of hydrogen-bond acceptors (Lipinski definition) is 9. The molecule has 198 valence electrons. The van der Waals surface area contributed by atoms with Crippen LogP contribution in [0.15, 0.2) is 29.5 Å². The molecule has 0 saturated carbocycles. The number of piperidine rings is 1. The summed E-state index contributed by atoms with van der Waals surface area (Å²) in [4.78, 5) is 40.2. The lowest BCUT2D eigenvalue weighted by Gasteiger charge is -2.34. The van der Waals surface area contributed by atoms with E-state index >= 15 is 0 Å². The van der Waals surface area contributed by atoms with Crippen LogP contribution in [0, 0.1) is 11.7 Å². The number of halogens is 1. The number of ether oxygens (including phenoxy) is 5. The maximum atomic E-state index is 14.3. The molecular weight excluding hydrogens is 475 g/mol. The van der Waals surface area contributed by atoms with Crippen molar-refractivity contribution in [3.05, 3.63) is 35.3 Å². The minimum absolute atomic E-state index is 0.0414. The summed E-state index contributed by atoms with van der Waals surface area (Å²) in [5.74, 6) is -1.64. The van der Waals surface area contributed by atoms with Gasteiger partial charge >= 0.3 is 18.0 Å². The Labute approximate surface area is 209 Å². The zero-order valence-corrected chi connectivity index (χ0v) is 21.3. The number of benzene rings is 1. The van der Waals surface area contributed by atoms with Crippen LogP contribution in [-0.4, -0.2) is 75.8 Å². The second-order valence-electron chi connectivity index (χ2n) is 9.55. The molecule has 1 fully saturated rings. The molecule has 1 amide bonds. The summed E-state index contributed by atoms with van der Waals surface area (Å²) in [6, 6.07) is 3.91. The lowest BCUT2D eigenvalue weighted by atomic mass is 9.98. The van der Waals surface area contributed by atoms with Gasteiger partial charge in [0.1, 0.15) is 29.6 Å². The molecule has 0 radical (unpaired) electrons. The van der Waals surface area contributed by atoms with Crippen LogP contribution in [0.2, 0.25) is 0 Å². The van der Waals surface area contributed by atoms with Gasteiger partial charge in [-0.25, -0.2) is 18.8 Å². The second-order valence-corrected chi connectivity index (χ2v) is 9.55. The van der Waals surface area contributed by atoms with Crippen molar-refractivity contribution in [2.75, 3.05) is 52.2 Å². The smallest absolute Gasteiger partial charge is 0.410 e. The first-order chi connectivity index (χ1) is 17.0. The van der Waals surface area contributed by atoms with E-state index in [4.69, 9.17) is 23.7 Å². The van der Waals surface area contributed by atoms with E-state index in [0.717, 1.165) is 0 Å². The number of anilines is 1. The molecule has 1 aromatic rings. The van der Waals surface area contributed by atoms with E-state index < -0.39 is 23.4 Å². The van der Waals surface area contributed by atoms with Gasteiger partial charge in [-0.3, -0.25) is 0 Å². The Morgan fingerprint density at radius 1 is 1.08 bits per heavy atom. The molecule has 2 aliphatic rings. The van der Waals surface area contributed by atoms with Crippen LogP contribution in [0.5, 0.6) is 5.75 Å². The molecule has 1 aromatic carbocycles. The molecule has 1 saturated heterocycles. The highest BCUT2D eigenvalue weighted by Crippen LogP contribution is 2.35. The fraction of sp³-hybridized carbons (Fsp3) is 0.560. The second kappa shape index (κ2) is 11.6. The first-order valence-electron chi connectivity index (χ1n) is 11.7. The molecule has 36 heavy (non-hydrogen) atoms. The van der Waals surface area contributed by atoms with E-state index in [1.54, 1.807) is 4.90 Å². The van der Waals surface area contributed by atoms with Crippen LogP contribution in [0.1, 0.15) is 33.6 Å². The van der Waals surface area contributed by atoms with Crippen LogP contribution in [0.3, 0.4) is 0 Å². The van der Waals surface area contributed by atoms with Crippen molar-refractivity contribution in [2.24, 2.45) is 5.92 Å². The quantitative estimate of drug-likeness (QED) is 0.423. The highest BCUT2D eigenvalue weighted by molar-refractivity contribution is 6.03. The summed E-state index contributed by atoms with van der Waals surface area (Å²) in [7, 11) is 2.37. The third-order valence-corrected chi connectivity index (χ3v) is 5.79. The van der Waals surface area contributed by atoms with E-state index in [1.165, 1.54) is 37.3 Å². The molecule has 0 spiro atoms. The number of amides is 1. The molecule has 0 aromatic heterocycles. The first kappa shape index (κ1) is 27.3. The van der Waals surface area contributed by atoms with Crippen molar-refractivity contribution in [1.29, 1.82) is 0 Å². The molecule has 2 aliphatic heterocycles. The monoisotopic (exact) mass is 508 g/mol. The van der Waals surface area contributed by atoms with Gasteiger partial charge in [0.25, 0.3) is 0 Å². The van der Waals surface area contributed by atoms with Crippen molar-refractivity contribution in [3.8, 4) is 5.75 Å². The number of esters is 2. The Hall–Kier alpha value is -3.34. The standard InChI is InChI=1S/C25H33FN2O8/c1-25(2,3)36-24(31)27-10-8-16(9-11-27)13-35-20-7-6-17(26)12-19(20)28-15-34-14-18(22(29)32-4)21(28)23(30)33-5/h6-7,12,16H,8-11,13-15H2,1-5H3. The van der Waals surface area contributed by atoms with Crippen LogP contribution in [0.25, 0.3) is 0 Å². The first-order valence-corrected chi connectivity index (χ1v) is 11.7. The van der Waals surface area contributed by atoms with Crippen molar-refractivity contribution in [3.63, 3.8) is 0 Å². The number of nitrogens with zero attached hydrogens (tertiary/aromatic N) is 2. The third kappa shape index (κ3) is 6.66. The Balaban J connectivity index is 1.75. The number of hydrogen-bond donors (Lipinski definition) is 0. The molecule has 0 N–H and O–H groups in total. The molecule has 0 unspecified atom stereocenters. The Bertz CT molecular complexity index is 1010. The fourth-order valence-electron chi connectivity index (χ4n) is 3.97.